The number of primary amides is 1. The number of carbonyl (C=O) groups is 3. The van der Waals surface area contributed by atoms with E-state index in [4.69, 9.17) is 10.5 Å². The van der Waals surface area contributed by atoms with Gasteiger partial charge in [-0.3, -0.25) is 24.2 Å². The summed E-state index contributed by atoms with van der Waals surface area (Å²) in [7, 11) is 4.85. The van der Waals surface area contributed by atoms with Crippen LogP contribution in [0.5, 0.6) is 5.75 Å². The third kappa shape index (κ3) is 4.60. The second-order valence-corrected chi connectivity index (χ2v) is 12.3. The predicted molar refractivity (Wildman–Crippen MR) is 148 cm³/mol. The van der Waals surface area contributed by atoms with Crippen LogP contribution in [0, 0.1) is 23.7 Å². The van der Waals surface area contributed by atoms with E-state index in [0.717, 1.165) is 5.56 Å². The molecule has 1 aromatic rings. The van der Waals surface area contributed by atoms with Crippen molar-refractivity contribution in [3.05, 3.63) is 51.5 Å². The molecule has 1 saturated heterocycles. The molecule has 1 fully saturated rings. The van der Waals surface area contributed by atoms with Crippen molar-refractivity contribution in [2.45, 2.75) is 50.8 Å². The molecule has 4 aliphatic rings. The first-order valence-electron chi connectivity index (χ1n) is 14.0. The van der Waals surface area contributed by atoms with Crippen molar-refractivity contribution >= 4 is 17.7 Å². The van der Waals surface area contributed by atoms with E-state index in [1.165, 1.54) is 20.1 Å². The number of likely N-dealkylation sites (N-methyl/N-ethyl adjacent to an activating group) is 1. The zero-order chi connectivity index (χ0) is 30.0. The molecule has 0 bridgehead atoms. The first-order valence-corrected chi connectivity index (χ1v) is 14.0. The Balaban J connectivity index is 1.52. The van der Waals surface area contributed by atoms with Gasteiger partial charge in [0.1, 0.15) is 22.9 Å². The van der Waals surface area contributed by atoms with Gasteiger partial charge in [0.25, 0.3) is 5.91 Å². The number of Topliss-reactive ketones (excluding diaryl/α,β-unsaturated/α-hetero) is 1. The fourth-order valence-corrected chi connectivity index (χ4v) is 7.84. The van der Waals surface area contributed by atoms with Crippen LogP contribution in [0.15, 0.2) is 34.8 Å². The summed E-state index contributed by atoms with van der Waals surface area (Å²) < 4.78 is 4.89. The predicted octanol–water partition coefficient (Wildman–Crippen LogP) is 1.57. The first kappa shape index (κ1) is 29.1. The largest absolute Gasteiger partial charge is 0.511 e. The van der Waals surface area contributed by atoms with Crippen molar-refractivity contribution in [2.24, 2.45) is 29.4 Å². The number of aliphatic hydroxyl groups excluding tert-OH is 2. The Morgan fingerprint density at radius 2 is 1.80 bits per heavy atom. The number of nitrogens with two attached hydrogens (primary N) is 1. The number of hydrogen-bond donors (Lipinski definition) is 5. The van der Waals surface area contributed by atoms with Crippen molar-refractivity contribution in [1.29, 1.82) is 0 Å². The van der Waals surface area contributed by atoms with Gasteiger partial charge in [-0.05, 0) is 88.8 Å². The number of likely N-dealkylation sites (tertiary alicyclic amines) is 1. The van der Waals surface area contributed by atoms with E-state index in [1.807, 2.05) is 6.07 Å². The molecule has 6 N–H and O–H groups in total. The van der Waals surface area contributed by atoms with Crippen LogP contribution >= 0.6 is 0 Å². The zero-order valence-electron chi connectivity index (χ0n) is 23.9. The summed E-state index contributed by atoms with van der Waals surface area (Å²) in [5.74, 6) is -4.71. The third-order valence-corrected chi connectivity index (χ3v) is 9.65. The summed E-state index contributed by atoms with van der Waals surface area (Å²) in [5, 5.41) is 45.1. The maximum atomic E-state index is 14.0. The van der Waals surface area contributed by atoms with Crippen molar-refractivity contribution in [1.82, 2.24) is 9.80 Å². The maximum absolute atomic E-state index is 14.0. The van der Waals surface area contributed by atoms with Crippen LogP contribution in [-0.4, -0.2) is 93.8 Å². The fraction of sp³-hybridized carbons (Fsp3) is 0.567. The minimum atomic E-state index is -2.02. The van der Waals surface area contributed by atoms with Crippen LogP contribution < -0.4 is 5.73 Å². The lowest BCUT2D eigenvalue weighted by Gasteiger charge is -2.52. The number of ketones is 1. The lowest BCUT2D eigenvalue weighted by atomic mass is 9.57. The highest BCUT2D eigenvalue weighted by molar-refractivity contribution is 6.13. The molecule has 0 spiro atoms. The Hall–Kier alpha value is -3.41. The van der Waals surface area contributed by atoms with E-state index in [1.54, 1.807) is 19.0 Å². The number of aliphatic hydroxyl groups is 3. The van der Waals surface area contributed by atoms with E-state index in [9.17, 15) is 34.8 Å². The average Bonchev–Trinajstić information content (AvgIpc) is 2.88. The maximum Gasteiger partial charge on any atom is 0.308 e. The minimum Gasteiger partial charge on any atom is -0.511 e. The molecule has 3 aliphatic carbocycles. The van der Waals surface area contributed by atoms with Gasteiger partial charge >= 0.3 is 5.97 Å². The molecule has 1 heterocycles. The number of allylic oxidation sites excluding steroid dienone is 1. The van der Waals surface area contributed by atoms with E-state index < -0.39 is 41.1 Å². The van der Waals surface area contributed by atoms with Crippen LogP contribution in [0.1, 0.15) is 47.7 Å². The second-order valence-electron chi connectivity index (χ2n) is 12.3. The molecule has 11 nitrogen and oxygen atoms in total. The molecule has 5 atom stereocenters. The number of benzene rings is 1. The molecule has 0 radical (unpaired) electrons. The van der Waals surface area contributed by atoms with Gasteiger partial charge in [0.05, 0.1) is 36.1 Å². The number of ether oxygens (including phenoxy) is 1. The molecule has 222 valence electrons. The Morgan fingerprint density at radius 1 is 1.15 bits per heavy atom. The number of phenols is 1. The SMILES string of the molecule is COC(=O)C1CCN(Cc2ccc(O)c3c2CC2CC4C(C(O)=C2C3=O)C(C)(O)C(C(N)=O)=C(O)[C@H]4N(C)C)CC1. The van der Waals surface area contributed by atoms with Crippen LogP contribution in [0.2, 0.25) is 0 Å². The molecule has 1 amide bonds. The summed E-state index contributed by atoms with van der Waals surface area (Å²) >= 11 is 0. The van der Waals surface area contributed by atoms with E-state index in [-0.39, 0.29) is 45.9 Å². The Bertz CT molecular complexity index is 1360. The standard InChI is InChI=1S/C30H39N3O8/c1-30(40)22-18(24(32(2)3)27(37)23(30)28(31)38)12-16-11-17-15(13-33-9-7-14(8-10-33)29(39)41-4)5-6-19(34)21(17)25(35)20(16)26(22)36/h5-6,14,16,18,22,24,34,36-37,40H,7-13H2,1-4H3,(H2,31,38)/t16?,18?,22?,24-,30?/m0/s1. The second kappa shape index (κ2) is 10.5. The monoisotopic (exact) mass is 569 g/mol. The fourth-order valence-electron chi connectivity index (χ4n) is 7.84. The normalized spacial score (nSPS) is 30.6. The van der Waals surface area contributed by atoms with E-state index in [0.29, 0.717) is 50.9 Å². The molecule has 41 heavy (non-hydrogen) atoms. The number of aromatic hydroxyl groups is 1. The van der Waals surface area contributed by atoms with Gasteiger partial charge in [-0.1, -0.05) is 6.07 Å². The quantitative estimate of drug-likeness (QED) is 0.328. The first-order chi connectivity index (χ1) is 19.3. The number of amides is 1. The smallest absolute Gasteiger partial charge is 0.308 e. The van der Waals surface area contributed by atoms with Gasteiger partial charge in [-0.15, -0.1) is 0 Å². The molecule has 1 aliphatic heterocycles. The number of rotatable bonds is 5. The van der Waals surface area contributed by atoms with Gasteiger partial charge in [0.15, 0.2) is 5.78 Å². The highest BCUT2D eigenvalue weighted by Gasteiger charge is 2.59. The van der Waals surface area contributed by atoms with Gasteiger partial charge in [0.2, 0.25) is 0 Å². The summed E-state index contributed by atoms with van der Waals surface area (Å²) in [6.45, 7) is 3.24. The third-order valence-electron chi connectivity index (χ3n) is 9.65. The molecule has 11 heteroatoms. The average molecular weight is 570 g/mol. The molecular formula is C30H39N3O8. The number of phenolic OH excluding ortho intramolecular Hbond substituents is 1. The summed E-state index contributed by atoms with van der Waals surface area (Å²) in [4.78, 5) is 42.2. The number of methoxy groups -OCH3 is 1. The number of fused-ring (bicyclic) bond motifs is 3. The molecular weight excluding hydrogens is 530 g/mol. The van der Waals surface area contributed by atoms with Gasteiger partial charge < -0.3 is 30.9 Å². The Morgan fingerprint density at radius 3 is 2.39 bits per heavy atom. The van der Waals surface area contributed by atoms with Gasteiger partial charge in [0, 0.05) is 12.1 Å². The van der Waals surface area contributed by atoms with Crippen molar-refractivity contribution in [3.8, 4) is 5.75 Å². The topological polar surface area (TPSA) is 174 Å². The van der Waals surface area contributed by atoms with E-state index >= 15 is 0 Å². The van der Waals surface area contributed by atoms with Crippen LogP contribution in [-0.2, 0) is 27.3 Å². The number of esters is 1. The molecule has 0 aromatic heterocycles. The highest BCUT2D eigenvalue weighted by atomic mass is 16.5. The van der Waals surface area contributed by atoms with Crippen molar-refractivity contribution in [3.63, 3.8) is 0 Å². The van der Waals surface area contributed by atoms with Crippen LogP contribution in [0.25, 0.3) is 0 Å². The summed E-state index contributed by atoms with van der Waals surface area (Å²) in [6.07, 6.45) is 2.08. The number of carbonyl (C=O) groups excluding carboxylic acids is 3. The lowest BCUT2D eigenvalue weighted by Crippen LogP contribution is -2.59. The summed E-state index contributed by atoms with van der Waals surface area (Å²) in [5.41, 5.74) is 5.03. The highest BCUT2D eigenvalue weighted by Crippen LogP contribution is 2.54. The van der Waals surface area contributed by atoms with Crippen LogP contribution in [0.4, 0.5) is 0 Å². The van der Waals surface area contributed by atoms with E-state index in [2.05, 4.69) is 4.90 Å². The number of hydrogen-bond acceptors (Lipinski definition) is 10. The molecule has 5 rings (SSSR count). The summed E-state index contributed by atoms with van der Waals surface area (Å²) in [6, 6.07) is 2.58. The molecule has 1 aromatic carbocycles. The van der Waals surface area contributed by atoms with Gasteiger partial charge in [-0.25, -0.2) is 0 Å². The Labute approximate surface area is 238 Å². The van der Waals surface area contributed by atoms with Gasteiger partial charge in [-0.2, -0.15) is 0 Å². The van der Waals surface area contributed by atoms with Crippen molar-refractivity contribution in [2.75, 3.05) is 34.3 Å². The number of nitrogens with zero attached hydrogens (tertiary/aromatic N) is 2. The lowest BCUT2D eigenvalue weighted by molar-refractivity contribution is -0.147. The Kier molecular flexibility index (Phi) is 7.42. The number of piperidine rings is 1. The van der Waals surface area contributed by atoms with Crippen molar-refractivity contribution < 1.29 is 39.5 Å². The minimum absolute atomic E-state index is 0.119. The zero-order valence-corrected chi connectivity index (χ0v) is 23.9. The molecule has 4 unspecified atom stereocenters. The molecule has 0 saturated carbocycles. The van der Waals surface area contributed by atoms with Crippen LogP contribution in [0.3, 0.4) is 0 Å².